The number of hydrogen-bond donors (Lipinski definition) is 2. The van der Waals surface area contributed by atoms with Gasteiger partial charge in [0, 0.05) is 28.9 Å². The highest BCUT2D eigenvalue weighted by atomic mass is 32.1. The van der Waals surface area contributed by atoms with Crippen LogP contribution in [0, 0.1) is 0 Å². The molecule has 0 bridgehead atoms. The predicted octanol–water partition coefficient (Wildman–Crippen LogP) is 7.49. The van der Waals surface area contributed by atoms with Crippen molar-refractivity contribution in [1.82, 2.24) is 15.5 Å². The molecule has 1 aliphatic heterocycles. The first-order chi connectivity index (χ1) is 21.2. The number of amides is 2. The molecule has 6 rings (SSSR count). The Kier molecular flexibility index (Phi) is 8.94. The van der Waals surface area contributed by atoms with Crippen LogP contribution < -0.4 is 10.6 Å². The number of thiophene rings is 2. The van der Waals surface area contributed by atoms with Gasteiger partial charge in [-0.1, -0.05) is 61.0 Å². The average Bonchev–Trinajstić information content (AvgIpc) is 3.78. The van der Waals surface area contributed by atoms with Gasteiger partial charge in [0.05, 0.1) is 4.88 Å². The van der Waals surface area contributed by atoms with Gasteiger partial charge in [0.1, 0.15) is 12.0 Å². The van der Waals surface area contributed by atoms with Gasteiger partial charge in [0.25, 0.3) is 5.91 Å². The van der Waals surface area contributed by atoms with Crippen LogP contribution in [0.15, 0.2) is 78.2 Å². The topological polar surface area (TPSA) is 61.4 Å². The Balaban J connectivity index is 1.04. The number of likely N-dealkylation sites (tertiary alicyclic amines) is 1. The number of alkyl halides is 3. The number of halogens is 3. The summed E-state index contributed by atoms with van der Waals surface area (Å²) in [6.45, 7) is 1.20. The van der Waals surface area contributed by atoms with Crippen molar-refractivity contribution in [3.05, 3.63) is 94.2 Å². The van der Waals surface area contributed by atoms with E-state index in [4.69, 9.17) is 0 Å². The van der Waals surface area contributed by atoms with Crippen LogP contribution in [0.3, 0.4) is 0 Å². The molecular weight excluding hydrogens is 604 g/mol. The van der Waals surface area contributed by atoms with Crippen LogP contribution in [-0.2, 0) is 10.2 Å². The van der Waals surface area contributed by atoms with Crippen LogP contribution in [0.5, 0.6) is 0 Å². The molecule has 2 aliphatic rings. The molecule has 5 nitrogen and oxygen atoms in total. The van der Waals surface area contributed by atoms with Crippen molar-refractivity contribution in [2.24, 2.45) is 0 Å². The van der Waals surface area contributed by atoms with Gasteiger partial charge in [-0.15, -0.1) is 22.7 Å². The summed E-state index contributed by atoms with van der Waals surface area (Å²) in [6.07, 6.45) is -0.846. The number of carbonyl (C=O) groups excluding carboxylic acids is 2. The molecule has 0 spiro atoms. The van der Waals surface area contributed by atoms with Gasteiger partial charge < -0.3 is 15.5 Å². The molecule has 1 fully saturated rings. The zero-order valence-electron chi connectivity index (χ0n) is 24.2. The Morgan fingerprint density at radius 3 is 2.18 bits per heavy atom. The Morgan fingerprint density at radius 2 is 1.55 bits per heavy atom. The number of benzene rings is 2. The third kappa shape index (κ3) is 6.34. The SMILES string of the molecule is O=C(NC1CCN(CCCCC2(C(=O)NCC(F)(F)F)c3ccccc3-c3ccccc32)CC1)c1ccc(-c2cccs2)s1. The molecule has 0 unspecified atom stereocenters. The molecule has 4 aromatic rings. The lowest BCUT2D eigenvalue weighted by molar-refractivity contribution is -0.141. The molecule has 2 amide bonds. The molecule has 230 valence electrons. The number of rotatable bonds is 10. The highest BCUT2D eigenvalue weighted by Gasteiger charge is 2.49. The highest BCUT2D eigenvalue weighted by Crippen LogP contribution is 2.51. The van der Waals surface area contributed by atoms with Crippen molar-refractivity contribution in [1.29, 1.82) is 0 Å². The third-order valence-corrected chi connectivity index (χ3v) is 10.8. The number of fused-ring (bicyclic) bond motifs is 3. The summed E-state index contributed by atoms with van der Waals surface area (Å²) < 4.78 is 39.4. The first kappa shape index (κ1) is 30.6. The number of carbonyl (C=O) groups is 2. The molecule has 3 heterocycles. The molecule has 0 radical (unpaired) electrons. The van der Waals surface area contributed by atoms with E-state index < -0.39 is 24.0 Å². The molecular formula is C34H34F3N3O2S2. The Bertz CT molecular complexity index is 1560. The monoisotopic (exact) mass is 637 g/mol. The van der Waals surface area contributed by atoms with E-state index in [0.29, 0.717) is 12.8 Å². The van der Waals surface area contributed by atoms with E-state index in [1.807, 2.05) is 72.1 Å². The number of piperidine rings is 1. The summed E-state index contributed by atoms with van der Waals surface area (Å²) in [4.78, 5) is 31.9. The van der Waals surface area contributed by atoms with Crippen molar-refractivity contribution in [2.45, 2.75) is 49.7 Å². The number of nitrogens with zero attached hydrogens (tertiary/aromatic N) is 1. The van der Waals surface area contributed by atoms with Crippen LogP contribution in [0.4, 0.5) is 13.2 Å². The molecule has 10 heteroatoms. The maximum atomic E-state index is 13.7. The lowest BCUT2D eigenvalue weighted by Crippen LogP contribution is -2.47. The molecule has 1 aliphatic carbocycles. The van der Waals surface area contributed by atoms with E-state index in [-0.39, 0.29) is 11.9 Å². The van der Waals surface area contributed by atoms with Crippen molar-refractivity contribution in [3.63, 3.8) is 0 Å². The van der Waals surface area contributed by atoms with Gasteiger partial charge in [-0.25, -0.2) is 0 Å². The molecule has 2 N–H and O–H groups in total. The summed E-state index contributed by atoms with van der Waals surface area (Å²) in [5.74, 6) is -0.625. The first-order valence-corrected chi connectivity index (χ1v) is 16.7. The second kappa shape index (κ2) is 12.9. The summed E-state index contributed by atoms with van der Waals surface area (Å²) >= 11 is 3.18. The van der Waals surface area contributed by atoms with Crippen LogP contribution in [0.1, 0.15) is 52.9 Å². The van der Waals surface area contributed by atoms with E-state index in [1.165, 1.54) is 11.3 Å². The minimum absolute atomic E-state index is 0.0255. The van der Waals surface area contributed by atoms with Gasteiger partial charge in [-0.2, -0.15) is 13.2 Å². The zero-order chi connectivity index (χ0) is 30.7. The lowest BCUT2D eigenvalue weighted by atomic mass is 9.73. The fourth-order valence-corrected chi connectivity index (χ4v) is 8.32. The van der Waals surface area contributed by atoms with Crippen LogP contribution in [0.25, 0.3) is 20.9 Å². The van der Waals surface area contributed by atoms with E-state index >= 15 is 0 Å². The minimum Gasteiger partial charge on any atom is -0.349 e. The zero-order valence-corrected chi connectivity index (χ0v) is 25.8. The van der Waals surface area contributed by atoms with Crippen molar-refractivity contribution >= 4 is 34.5 Å². The fourth-order valence-electron chi connectivity index (χ4n) is 6.58. The highest BCUT2D eigenvalue weighted by molar-refractivity contribution is 7.22. The van der Waals surface area contributed by atoms with Crippen molar-refractivity contribution in [3.8, 4) is 20.9 Å². The second-order valence-corrected chi connectivity index (χ2v) is 13.5. The Labute approximate surface area is 263 Å². The fraction of sp³-hybridized carbons (Fsp3) is 0.353. The van der Waals surface area contributed by atoms with Gasteiger partial charge in [-0.3, -0.25) is 9.59 Å². The minimum atomic E-state index is -4.49. The van der Waals surface area contributed by atoms with E-state index in [0.717, 1.165) is 75.8 Å². The number of hydrogen-bond acceptors (Lipinski definition) is 5. The molecule has 1 saturated heterocycles. The van der Waals surface area contributed by atoms with Crippen LogP contribution in [-0.4, -0.2) is 55.1 Å². The molecule has 2 aromatic heterocycles. The quantitative estimate of drug-likeness (QED) is 0.177. The summed E-state index contributed by atoms with van der Waals surface area (Å²) in [5, 5.41) is 7.44. The molecule has 44 heavy (non-hydrogen) atoms. The van der Waals surface area contributed by atoms with Gasteiger partial charge in [-0.05, 0) is 78.1 Å². The third-order valence-electron chi connectivity index (χ3n) is 8.69. The standard InChI is InChI=1S/C34H34F3N3O2S2/c35-34(36,37)22-38-32(42)33(26-10-3-1-8-24(26)25-9-2-4-11-27(25)33)17-5-6-18-40-19-15-23(16-20-40)39-31(41)30-14-13-29(44-30)28-12-7-21-43-28/h1-4,7-14,21,23H,5-6,15-20,22H2,(H,38,42)(H,39,41). The Hall–Kier alpha value is -3.47. The van der Waals surface area contributed by atoms with E-state index in [2.05, 4.69) is 21.6 Å². The van der Waals surface area contributed by atoms with Crippen molar-refractivity contribution < 1.29 is 22.8 Å². The maximum Gasteiger partial charge on any atom is 0.405 e. The molecule has 0 saturated carbocycles. The molecule has 0 atom stereocenters. The number of unbranched alkanes of at least 4 members (excludes halogenated alkanes) is 1. The van der Waals surface area contributed by atoms with Gasteiger partial charge in [0.2, 0.25) is 5.91 Å². The maximum absolute atomic E-state index is 13.7. The summed E-state index contributed by atoms with van der Waals surface area (Å²) in [7, 11) is 0. The van der Waals surface area contributed by atoms with Gasteiger partial charge >= 0.3 is 6.18 Å². The second-order valence-electron chi connectivity index (χ2n) is 11.5. The van der Waals surface area contributed by atoms with E-state index in [1.54, 1.807) is 11.3 Å². The van der Waals surface area contributed by atoms with Gasteiger partial charge in [0.15, 0.2) is 0 Å². The summed E-state index contributed by atoms with van der Waals surface area (Å²) in [5.41, 5.74) is 2.18. The number of nitrogens with one attached hydrogen (secondary N) is 2. The summed E-state index contributed by atoms with van der Waals surface area (Å²) in [6, 6.07) is 23.2. The van der Waals surface area contributed by atoms with Crippen molar-refractivity contribution in [2.75, 3.05) is 26.2 Å². The first-order valence-electron chi connectivity index (χ1n) is 15.0. The normalized spacial score (nSPS) is 16.3. The van der Waals surface area contributed by atoms with Crippen LogP contribution in [0.2, 0.25) is 0 Å². The van der Waals surface area contributed by atoms with Crippen LogP contribution >= 0.6 is 22.7 Å². The average molecular weight is 638 g/mol. The predicted molar refractivity (Wildman–Crippen MR) is 170 cm³/mol. The largest absolute Gasteiger partial charge is 0.405 e. The smallest absolute Gasteiger partial charge is 0.349 e. The van der Waals surface area contributed by atoms with E-state index in [9.17, 15) is 22.8 Å². The Morgan fingerprint density at radius 1 is 0.864 bits per heavy atom. The lowest BCUT2D eigenvalue weighted by Gasteiger charge is -2.33. The molecule has 2 aromatic carbocycles.